The lowest BCUT2D eigenvalue weighted by molar-refractivity contribution is 0.303. The number of pyridine rings is 1. The molecule has 0 saturated heterocycles. The summed E-state index contributed by atoms with van der Waals surface area (Å²) in [6.45, 7) is 0.110. The number of amidine groups is 1. The van der Waals surface area contributed by atoms with Crippen molar-refractivity contribution >= 4 is 5.84 Å². The lowest BCUT2D eigenvalue weighted by Crippen LogP contribution is -2.15. The second kappa shape index (κ2) is 5.96. The molecule has 0 spiro atoms. The van der Waals surface area contributed by atoms with Crippen molar-refractivity contribution in [1.29, 1.82) is 0 Å². The van der Waals surface area contributed by atoms with E-state index in [0.717, 1.165) is 12.1 Å². The van der Waals surface area contributed by atoms with Crippen LogP contribution in [-0.4, -0.2) is 16.0 Å². The van der Waals surface area contributed by atoms with Gasteiger partial charge in [0.25, 0.3) is 0 Å². The van der Waals surface area contributed by atoms with E-state index in [4.69, 9.17) is 15.7 Å². The van der Waals surface area contributed by atoms with E-state index in [1.165, 1.54) is 12.3 Å². The number of hydrogen-bond donors (Lipinski definition) is 2. The Bertz CT molecular complexity index is 647. The summed E-state index contributed by atoms with van der Waals surface area (Å²) in [5, 5.41) is 11.4. The summed E-state index contributed by atoms with van der Waals surface area (Å²) in [7, 11) is 0. The predicted octanol–water partition coefficient (Wildman–Crippen LogP) is 2.03. The maximum absolute atomic E-state index is 13.0. The molecule has 0 saturated carbocycles. The zero-order chi connectivity index (χ0) is 14.5. The Morgan fingerprint density at radius 1 is 1.25 bits per heavy atom. The molecule has 0 fully saturated rings. The van der Waals surface area contributed by atoms with Gasteiger partial charge in [0.1, 0.15) is 18.1 Å². The van der Waals surface area contributed by atoms with Crippen LogP contribution >= 0.6 is 0 Å². The van der Waals surface area contributed by atoms with Crippen LogP contribution < -0.4 is 10.5 Å². The highest BCUT2D eigenvalue weighted by atomic mass is 19.2. The quantitative estimate of drug-likeness (QED) is 0.388. The summed E-state index contributed by atoms with van der Waals surface area (Å²) in [5.41, 5.74) is 6.39. The molecule has 2 rings (SSSR count). The van der Waals surface area contributed by atoms with E-state index in [2.05, 4.69) is 10.1 Å². The van der Waals surface area contributed by atoms with Gasteiger partial charge in [-0.15, -0.1) is 0 Å². The molecular weight excluding hydrogens is 268 g/mol. The molecule has 3 N–H and O–H groups in total. The van der Waals surface area contributed by atoms with Gasteiger partial charge in [0.05, 0.1) is 0 Å². The Labute approximate surface area is 113 Å². The summed E-state index contributed by atoms with van der Waals surface area (Å²) < 4.78 is 31.1. The first-order chi connectivity index (χ1) is 9.60. The predicted molar refractivity (Wildman–Crippen MR) is 67.4 cm³/mol. The van der Waals surface area contributed by atoms with Gasteiger partial charge in [-0.05, 0) is 29.8 Å². The number of aromatic nitrogens is 1. The first kappa shape index (κ1) is 13.7. The third kappa shape index (κ3) is 3.19. The fraction of sp³-hybridized carbons (Fsp3) is 0.0769. The van der Waals surface area contributed by atoms with Crippen molar-refractivity contribution in [3.05, 3.63) is 59.4 Å². The summed E-state index contributed by atoms with van der Waals surface area (Å²) in [6, 6.07) is 6.49. The third-order valence-corrected chi connectivity index (χ3v) is 2.49. The van der Waals surface area contributed by atoms with E-state index >= 15 is 0 Å². The molecule has 0 aliphatic carbocycles. The van der Waals surface area contributed by atoms with Crippen LogP contribution in [0.2, 0.25) is 0 Å². The number of nitrogens with zero attached hydrogens (tertiary/aromatic N) is 2. The Balaban J connectivity index is 2.09. The zero-order valence-electron chi connectivity index (χ0n) is 10.3. The Hall–Kier alpha value is -2.70. The number of rotatable bonds is 4. The summed E-state index contributed by atoms with van der Waals surface area (Å²) in [5.74, 6) is -1.84. The molecule has 5 nitrogen and oxygen atoms in total. The first-order valence-corrected chi connectivity index (χ1v) is 5.61. The SMILES string of the molecule is NC(=NO)c1cc(COc2ccc(F)c(F)c2)ccn1. The molecule has 0 aliphatic heterocycles. The molecule has 2 aromatic rings. The lowest BCUT2D eigenvalue weighted by Gasteiger charge is -2.07. The van der Waals surface area contributed by atoms with E-state index < -0.39 is 11.6 Å². The molecule has 0 radical (unpaired) electrons. The minimum absolute atomic E-state index is 0.110. The van der Waals surface area contributed by atoms with Crippen LogP contribution in [0.25, 0.3) is 0 Å². The highest BCUT2D eigenvalue weighted by Crippen LogP contribution is 2.17. The molecule has 0 bridgehead atoms. The monoisotopic (exact) mass is 279 g/mol. The lowest BCUT2D eigenvalue weighted by atomic mass is 10.2. The van der Waals surface area contributed by atoms with E-state index in [-0.39, 0.29) is 18.2 Å². The smallest absolute Gasteiger partial charge is 0.188 e. The zero-order valence-corrected chi connectivity index (χ0v) is 10.3. The van der Waals surface area contributed by atoms with Crippen LogP contribution in [0.5, 0.6) is 5.75 Å². The molecule has 20 heavy (non-hydrogen) atoms. The van der Waals surface area contributed by atoms with Crippen LogP contribution in [-0.2, 0) is 6.61 Å². The highest BCUT2D eigenvalue weighted by molar-refractivity contribution is 5.95. The summed E-state index contributed by atoms with van der Waals surface area (Å²) in [6.07, 6.45) is 1.47. The normalized spacial score (nSPS) is 11.4. The van der Waals surface area contributed by atoms with E-state index in [1.807, 2.05) is 0 Å². The van der Waals surface area contributed by atoms with E-state index in [1.54, 1.807) is 12.1 Å². The average Bonchev–Trinajstić information content (AvgIpc) is 2.48. The number of halogens is 2. The fourth-order valence-electron chi connectivity index (χ4n) is 1.49. The second-order valence-corrected chi connectivity index (χ2v) is 3.90. The van der Waals surface area contributed by atoms with Crippen molar-refractivity contribution in [3.63, 3.8) is 0 Å². The second-order valence-electron chi connectivity index (χ2n) is 3.90. The van der Waals surface area contributed by atoms with Crippen molar-refractivity contribution < 1.29 is 18.7 Å². The molecule has 104 valence electrons. The molecule has 1 heterocycles. The maximum Gasteiger partial charge on any atom is 0.188 e. The molecule has 0 amide bonds. The molecule has 0 aliphatic rings. The van der Waals surface area contributed by atoms with Crippen molar-refractivity contribution in [2.45, 2.75) is 6.61 Å². The highest BCUT2D eigenvalue weighted by Gasteiger charge is 2.05. The average molecular weight is 279 g/mol. The number of hydrogen-bond acceptors (Lipinski definition) is 4. The van der Waals surface area contributed by atoms with Crippen molar-refractivity contribution in [2.24, 2.45) is 10.9 Å². The van der Waals surface area contributed by atoms with Gasteiger partial charge in [0.2, 0.25) is 0 Å². The number of ether oxygens (including phenoxy) is 1. The summed E-state index contributed by atoms with van der Waals surface area (Å²) >= 11 is 0. The van der Waals surface area contributed by atoms with Crippen molar-refractivity contribution in [3.8, 4) is 5.75 Å². The van der Waals surface area contributed by atoms with Crippen LogP contribution in [0, 0.1) is 11.6 Å². The molecule has 7 heteroatoms. The fourth-order valence-corrected chi connectivity index (χ4v) is 1.49. The Kier molecular flexibility index (Phi) is 4.09. The van der Waals surface area contributed by atoms with Gasteiger partial charge in [-0.1, -0.05) is 5.16 Å². The number of oxime groups is 1. The van der Waals surface area contributed by atoms with Crippen LogP contribution in [0.1, 0.15) is 11.3 Å². The van der Waals surface area contributed by atoms with Crippen molar-refractivity contribution in [2.75, 3.05) is 0 Å². The van der Waals surface area contributed by atoms with Crippen LogP contribution in [0.3, 0.4) is 0 Å². The van der Waals surface area contributed by atoms with Gasteiger partial charge < -0.3 is 15.7 Å². The number of nitrogens with two attached hydrogens (primary N) is 1. The van der Waals surface area contributed by atoms with Crippen LogP contribution in [0.4, 0.5) is 8.78 Å². The minimum Gasteiger partial charge on any atom is -0.489 e. The topological polar surface area (TPSA) is 80.7 Å². The van der Waals surface area contributed by atoms with Gasteiger partial charge in [-0.25, -0.2) is 8.78 Å². The molecule has 1 aromatic heterocycles. The molecule has 1 aromatic carbocycles. The third-order valence-electron chi connectivity index (χ3n) is 2.49. The van der Waals surface area contributed by atoms with Gasteiger partial charge in [-0.3, -0.25) is 4.98 Å². The number of benzene rings is 1. The first-order valence-electron chi connectivity index (χ1n) is 5.61. The maximum atomic E-state index is 13.0. The van der Waals surface area contributed by atoms with Gasteiger partial charge in [-0.2, -0.15) is 0 Å². The largest absolute Gasteiger partial charge is 0.489 e. The Morgan fingerprint density at radius 2 is 2.05 bits per heavy atom. The van der Waals surface area contributed by atoms with Crippen LogP contribution in [0.15, 0.2) is 41.7 Å². The molecule has 0 atom stereocenters. The molecular formula is C13H11F2N3O2. The minimum atomic E-state index is -0.977. The van der Waals surface area contributed by atoms with Gasteiger partial charge in [0.15, 0.2) is 17.5 Å². The van der Waals surface area contributed by atoms with Gasteiger partial charge >= 0.3 is 0 Å². The van der Waals surface area contributed by atoms with Gasteiger partial charge in [0, 0.05) is 12.3 Å². The van der Waals surface area contributed by atoms with E-state index in [9.17, 15) is 8.78 Å². The van der Waals surface area contributed by atoms with Crippen molar-refractivity contribution in [1.82, 2.24) is 4.98 Å². The van der Waals surface area contributed by atoms with E-state index in [0.29, 0.717) is 11.3 Å². The standard InChI is InChI=1S/C13H11F2N3O2/c14-10-2-1-9(6-11(10)15)20-7-8-3-4-17-12(5-8)13(16)18-19/h1-6,19H,7H2,(H2,16,18). The summed E-state index contributed by atoms with van der Waals surface area (Å²) in [4.78, 5) is 3.91. The Morgan fingerprint density at radius 3 is 2.75 bits per heavy atom. The molecule has 0 unspecified atom stereocenters.